The van der Waals surface area contributed by atoms with Crippen LogP contribution in [0.2, 0.25) is 0 Å². The lowest BCUT2D eigenvalue weighted by Crippen LogP contribution is -2.20. The van der Waals surface area contributed by atoms with E-state index in [0.717, 1.165) is 17.8 Å². The van der Waals surface area contributed by atoms with Crippen molar-refractivity contribution in [2.75, 3.05) is 11.1 Å². The van der Waals surface area contributed by atoms with E-state index in [0.29, 0.717) is 6.42 Å². The number of halogens is 3. The molecule has 1 atom stereocenters. The molecule has 0 aliphatic carbocycles. The summed E-state index contributed by atoms with van der Waals surface area (Å²) in [6.07, 6.45) is -2.77. The number of nitrogens with one attached hydrogen (secondary N) is 1. The van der Waals surface area contributed by atoms with Gasteiger partial charge in [-0.3, -0.25) is 0 Å². The number of anilines is 2. The first-order valence-corrected chi connectivity index (χ1v) is 6.49. The number of nitrogen functional groups attached to an aromatic ring is 1. The minimum Gasteiger partial charge on any atom is -0.396 e. The Morgan fingerprint density at radius 3 is 2.52 bits per heavy atom. The fraction of sp³-hybridized carbons (Fsp3) is 0.267. The Kier molecular flexibility index (Phi) is 4.35. The molecule has 0 saturated carbocycles. The van der Waals surface area contributed by atoms with Crippen LogP contribution in [0.5, 0.6) is 0 Å². The van der Waals surface area contributed by atoms with E-state index in [1.165, 1.54) is 0 Å². The summed E-state index contributed by atoms with van der Waals surface area (Å²) in [6, 6.07) is 10.6. The van der Waals surface area contributed by atoms with Crippen molar-refractivity contribution in [2.45, 2.75) is 25.6 Å². The van der Waals surface area contributed by atoms with E-state index in [4.69, 9.17) is 5.73 Å². The molecule has 0 aliphatic rings. The Morgan fingerprint density at radius 1 is 1.24 bits per heavy atom. The van der Waals surface area contributed by atoms with Crippen LogP contribution < -0.4 is 11.1 Å². The van der Waals surface area contributed by atoms with Crippen molar-refractivity contribution in [1.29, 1.82) is 0 Å². The van der Waals surface area contributed by atoms with Gasteiger partial charge in [-0.1, -0.05) is 30.3 Å². The molecule has 2 aromatic rings. The Balaban J connectivity index is 2.11. The van der Waals surface area contributed by atoms with Crippen LogP contribution in [0.15, 0.2) is 42.6 Å². The highest BCUT2D eigenvalue weighted by atomic mass is 19.4. The molecule has 6 heteroatoms. The van der Waals surface area contributed by atoms with Crippen molar-refractivity contribution in [3.8, 4) is 0 Å². The maximum absolute atomic E-state index is 12.7. The standard InChI is InChI=1S/C15H16F3N3/c1-10(7-11-5-3-2-4-6-11)21-13-8-14(15(16,17)18)20-9-12(13)19/h2-6,8-10H,7,19H2,1H3,(H,20,21). The molecule has 0 spiro atoms. The number of hydrogen-bond donors (Lipinski definition) is 2. The Bertz CT molecular complexity index is 597. The van der Waals surface area contributed by atoms with Gasteiger partial charge in [0.1, 0.15) is 5.69 Å². The summed E-state index contributed by atoms with van der Waals surface area (Å²) in [7, 11) is 0. The molecule has 0 bridgehead atoms. The van der Waals surface area contributed by atoms with E-state index in [-0.39, 0.29) is 17.4 Å². The maximum atomic E-state index is 12.7. The normalized spacial score (nSPS) is 13.0. The highest BCUT2D eigenvalue weighted by Gasteiger charge is 2.33. The second-order valence-electron chi connectivity index (χ2n) is 4.89. The first kappa shape index (κ1) is 15.2. The summed E-state index contributed by atoms with van der Waals surface area (Å²) in [5.41, 5.74) is 6.28. The number of benzene rings is 1. The highest BCUT2D eigenvalue weighted by molar-refractivity contribution is 5.65. The van der Waals surface area contributed by atoms with Gasteiger partial charge in [-0.15, -0.1) is 0 Å². The van der Waals surface area contributed by atoms with E-state index in [9.17, 15) is 13.2 Å². The van der Waals surface area contributed by atoms with Crippen molar-refractivity contribution >= 4 is 11.4 Å². The zero-order valence-corrected chi connectivity index (χ0v) is 11.5. The van der Waals surface area contributed by atoms with Crippen molar-refractivity contribution in [3.63, 3.8) is 0 Å². The van der Waals surface area contributed by atoms with Gasteiger partial charge in [-0.25, -0.2) is 4.98 Å². The quantitative estimate of drug-likeness (QED) is 0.903. The number of aromatic nitrogens is 1. The second-order valence-corrected chi connectivity index (χ2v) is 4.89. The van der Waals surface area contributed by atoms with Gasteiger partial charge in [-0.2, -0.15) is 13.2 Å². The van der Waals surface area contributed by atoms with Gasteiger partial charge >= 0.3 is 6.18 Å². The van der Waals surface area contributed by atoms with Crippen molar-refractivity contribution in [3.05, 3.63) is 53.9 Å². The van der Waals surface area contributed by atoms with Gasteiger partial charge in [0.15, 0.2) is 0 Å². The number of hydrogen-bond acceptors (Lipinski definition) is 3. The van der Waals surface area contributed by atoms with Crippen molar-refractivity contribution in [1.82, 2.24) is 4.98 Å². The molecule has 1 unspecified atom stereocenters. The summed E-state index contributed by atoms with van der Waals surface area (Å²) in [4.78, 5) is 3.31. The molecule has 21 heavy (non-hydrogen) atoms. The molecule has 0 saturated heterocycles. The molecule has 1 aromatic heterocycles. The van der Waals surface area contributed by atoms with E-state index in [1.54, 1.807) is 0 Å². The molecule has 1 aromatic carbocycles. The summed E-state index contributed by atoms with van der Waals surface area (Å²) in [6.45, 7) is 1.89. The smallest absolute Gasteiger partial charge is 0.396 e. The van der Waals surface area contributed by atoms with Crippen LogP contribution in [0.4, 0.5) is 24.5 Å². The second kappa shape index (κ2) is 6.03. The lowest BCUT2D eigenvalue weighted by atomic mass is 10.1. The SMILES string of the molecule is CC(Cc1ccccc1)Nc1cc(C(F)(F)F)ncc1N. The average molecular weight is 295 g/mol. The molecule has 3 nitrogen and oxygen atoms in total. The molecule has 0 fully saturated rings. The number of nitrogens with two attached hydrogens (primary N) is 1. The van der Waals surface area contributed by atoms with Crippen molar-refractivity contribution in [2.24, 2.45) is 0 Å². The third-order valence-electron chi connectivity index (χ3n) is 3.01. The average Bonchev–Trinajstić information content (AvgIpc) is 2.41. The Labute approximate surface area is 121 Å². The molecule has 112 valence electrons. The van der Waals surface area contributed by atoms with Crippen LogP contribution in [0.1, 0.15) is 18.2 Å². The predicted octanol–water partition coefficient (Wildman–Crippen LogP) is 3.73. The number of pyridine rings is 1. The van der Waals surface area contributed by atoms with Gasteiger partial charge < -0.3 is 11.1 Å². The summed E-state index contributed by atoms with van der Waals surface area (Å²) in [5.74, 6) is 0. The molecule has 2 rings (SSSR count). The van der Waals surface area contributed by atoms with Crippen LogP contribution in [0.25, 0.3) is 0 Å². The fourth-order valence-electron chi connectivity index (χ4n) is 2.03. The minimum absolute atomic E-state index is 0.0572. The Morgan fingerprint density at radius 2 is 1.90 bits per heavy atom. The summed E-state index contributed by atoms with van der Waals surface area (Å²) in [5, 5.41) is 3.01. The van der Waals surface area contributed by atoms with Crippen LogP contribution >= 0.6 is 0 Å². The van der Waals surface area contributed by atoms with Crippen LogP contribution in [-0.2, 0) is 12.6 Å². The molecule has 3 N–H and O–H groups in total. The molecule has 0 amide bonds. The third-order valence-corrected chi connectivity index (χ3v) is 3.01. The molecular formula is C15H16F3N3. The first-order valence-electron chi connectivity index (χ1n) is 6.49. The van der Waals surface area contributed by atoms with E-state index in [2.05, 4.69) is 10.3 Å². The number of nitrogens with zero attached hydrogens (tertiary/aromatic N) is 1. The Hall–Kier alpha value is -2.24. The molecule has 1 heterocycles. The molecule has 0 aliphatic heterocycles. The zero-order chi connectivity index (χ0) is 15.5. The van der Waals surface area contributed by atoms with Crippen LogP contribution in [-0.4, -0.2) is 11.0 Å². The lowest BCUT2D eigenvalue weighted by molar-refractivity contribution is -0.141. The summed E-state index contributed by atoms with van der Waals surface area (Å²) < 4.78 is 38.0. The highest BCUT2D eigenvalue weighted by Crippen LogP contribution is 2.31. The third kappa shape index (κ3) is 4.11. The largest absolute Gasteiger partial charge is 0.433 e. The van der Waals surface area contributed by atoms with Crippen LogP contribution in [0.3, 0.4) is 0 Å². The van der Waals surface area contributed by atoms with E-state index in [1.807, 2.05) is 37.3 Å². The topological polar surface area (TPSA) is 50.9 Å². The van der Waals surface area contributed by atoms with E-state index >= 15 is 0 Å². The minimum atomic E-state index is -4.48. The van der Waals surface area contributed by atoms with Gasteiger partial charge in [-0.05, 0) is 25.0 Å². The maximum Gasteiger partial charge on any atom is 0.433 e. The van der Waals surface area contributed by atoms with Crippen molar-refractivity contribution < 1.29 is 13.2 Å². The molecule has 0 radical (unpaired) electrons. The van der Waals surface area contributed by atoms with Gasteiger partial charge in [0.05, 0.1) is 17.6 Å². The van der Waals surface area contributed by atoms with Crippen LogP contribution in [0, 0.1) is 0 Å². The predicted molar refractivity (Wildman–Crippen MR) is 76.9 cm³/mol. The molecular weight excluding hydrogens is 279 g/mol. The number of rotatable bonds is 4. The van der Waals surface area contributed by atoms with Gasteiger partial charge in [0.25, 0.3) is 0 Å². The first-order chi connectivity index (χ1) is 9.86. The monoisotopic (exact) mass is 295 g/mol. The van der Waals surface area contributed by atoms with Gasteiger partial charge in [0.2, 0.25) is 0 Å². The van der Waals surface area contributed by atoms with Gasteiger partial charge in [0, 0.05) is 6.04 Å². The zero-order valence-electron chi connectivity index (χ0n) is 11.5. The van der Waals surface area contributed by atoms with E-state index < -0.39 is 11.9 Å². The lowest BCUT2D eigenvalue weighted by Gasteiger charge is -2.18. The number of alkyl halides is 3. The fourth-order valence-corrected chi connectivity index (χ4v) is 2.03. The summed E-state index contributed by atoms with van der Waals surface area (Å²) >= 11 is 0.